The summed E-state index contributed by atoms with van der Waals surface area (Å²) in [5.74, 6) is 0. The van der Waals surface area contributed by atoms with E-state index in [-0.39, 0.29) is 11.8 Å². The Labute approximate surface area is 101 Å². The third kappa shape index (κ3) is 2.27. The van der Waals surface area contributed by atoms with E-state index in [0.717, 1.165) is 6.07 Å². The Bertz CT molecular complexity index is 587. The second kappa shape index (κ2) is 4.29. The number of hydrogen-bond acceptors (Lipinski definition) is 2. The SMILES string of the molecule is Cn1ccc(-c2ccc(C(F)(F)F)c(C=O)c2)n1. The number of aldehydes is 1. The van der Waals surface area contributed by atoms with Crippen LogP contribution in [0.1, 0.15) is 15.9 Å². The highest BCUT2D eigenvalue weighted by molar-refractivity contribution is 5.81. The van der Waals surface area contributed by atoms with Gasteiger partial charge in [-0.05, 0) is 18.2 Å². The summed E-state index contributed by atoms with van der Waals surface area (Å²) in [4.78, 5) is 10.7. The van der Waals surface area contributed by atoms with E-state index in [1.807, 2.05) is 0 Å². The maximum absolute atomic E-state index is 12.6. The van der Waals surface area contributed by atoms with E-state index in [0.29, 0.717) is 11.3 Å². The van der Waals surface area contributed by atoms with Crippen molar-refractivity contribution in [2.75, 3.05) is 0 Å². The van der Waals surface area contributed by atoms with Gasteiger partial charge in [0.25, 0.3) is 0 Å². The lowest BCUT2D eigenvalue weighted by molar-refractivity contribution is -0.137. The molecule has 0 aliphatic rings. The highest BCUT2D eigenvalue weighted by atomic mass is 19.4. The van der Waals surface area contributed by atoms with E-state index in [1.165, 1.54) is 16.8 Å². The first kappa shape index (κ1) is 12.3. The van der Waals surface area contributed by atoms with Crippen LogP contribution in [0.5, 0.6) is 0 Å². The fourth-order valence-electron chi connectivity index (χ4n) is 1.65. The molecule has 0 saturated carbocycles. The quantitative estimate of drug-likeness (QED) is 0.772. The fourth-order valence-corrected chi connectivity index (χ4v) is 1.65. The zero-order valence-corrected chi connectivity index (χ0v) is 9.40. The van der Waals surface area contributed by atoms with Crippen LogP contribution in [0.3, 0.4) is 0 Å². The van der Waals surface area contributed by atoms with Crippen molar-refractivity contribution in [3.8, 4) is 11.3 Å². The summed E-state index contributed by atoms with van der Waals surface area (Å²) in [5.41, 5.74) is -0.317. The summed E-state index contributed by atoms with van der Waals surface area (Å²) in [6.45, 7) is 0. The number of rotatable bonds is 2. The number of nitrogens with zero attached hydrogens (tertiary/aromatic N) is 2. The molecule has 0 unspecified atom stereocenters. The van der Waals surface area contributed by atoms with Crippen molar-refractivity contribution in [1.29, 1.82) is 0 Å². The van der Waals surface area contributed by atoms with Crippen LogP contribution in [0.25, 0.3) is 11.3 Å². The van der Waals surface area contributed by atoms with Gasteiger partial charge in [-0.15, -0.1) is 0 Å². The van der Waals surface area contributed by atoms with Crippen LogP contribution in [0.15, 0.2) is 30.5 Å². The maximum atomic E-state index is 12.6. The van der Waals surface area contributed by atoms with Gasteiger partial charge in [-0.1, -0.05) is 6.07 Å². The summed E-state index contributed by atoms with van der Waals surface area (Å²) in [6, 6.07) is 5.06. The number of aryl methyl sites for hydroxylation is 1. The van der Waals surface area contributed by atoms with Gasteiger partial charge in [0.05, 0.1) is 11.3 Å². The molecule has 0 fully saturated rings. The van der Waals surface area contributed by atoms with E-state index >= 15 is 0 Å². The third-order valence-corrected chi connectivity index (χ3v) is 2.49. The molecule has 18 heavy (non-hydrogen) atoms. The first-order valence-electron chi connectivity index (χ1n) is 5.08. The van der Waals surface area contributed by atoms with Gasteiger partial charge in [-0.3, -0.25) is 9.48 Å². The average molecular weight is 254 g/mol. The van der Waals surface area contributed by atoms with Crippen molar-refractivity contribution in [2.24, 2.45) is 7.05 Å². The van der Waals surface area contributed by atoms with Gasteiger partial charge < -0.3 is 0 Å². The van der Waals surface area contributed by atoms with Gasteiger partial charge in [-0.25, -0.2) is 0 Å². The first-order valence-corrected chi connectivity index (χ1v) is 5.08. The standard InChI is InChI=1S/C12H9F3N2O/c1-17-5-4-11(16-17)8-2-3-10(12(13,14)15)9(6-8)7-18/h2-7H,1H3. The topological polar surface area (TPSA) is 34.9 Å². The number of alkyl halides is 3. The second-order valence-electron chi connectivity index (χ2n) is 3.79. The van der Waals surface area contributed by atoms with Crippen molar-refractivity contribution in [2.45, 2.75) is 6.18 Å². The van der Waals surface area contributed by atoms with Crippen molar-refractivity contribution in [1.82, 2.24) is 9.78 Å². The highest BCUT2D eigenvalue weighted by Crippen LogP contribution is 2.33. The fraction of sp³-hybridized carbons (Fsp3) is 0.167. The van der Waals surface area contributed by atoms with Crippen LogP contribution in [0.4, 0.5) is 13.2 Å². The van der Waals surface area contributed by atoms with Crippen molar-refractivity contribution < 1.29 is 18.0 Å². The maximum Gasteiger partial charge on any atom is 0.417 e. The van der Waals surface area contributed by atoms with E-state index < -0.39 is 11.7 Å². The molecule has 2 rings (SSSR count). The number of halogens is 3. The van der Waals surface area contributed by atoms with Crippen molar-refractivity contribution in [3.63, 3.8) is 0 Å². The largest absolute Gasteiger partial charge is 0.417 e. The molecule has 0 atom stereocenters. The van der Waals surface area contributed by atoms with E-state index in [2.05, 4.69) is 5.10 Å². The summed E-state index contributed by atoms with van der Waals surface area (Å²) >= 11 is 0. The van der Waals surface area contributed by atoms with Gasteiger partial charge in [-0.2, -0.15) is 18.3 Å². The minimum absolute atomic E-state index is 0.204. The Morgan fingerprint density at radius 1 is 1.28 bits per heavy atom. The minimum Gasteiger partial charge on any atom is -0.298 e. The number of hydrogen-bond donors (Lipinski definition) is 0. The second-order valence-corrected chi connectivity index (χ2v) is 3.79. The summed E-state index contributed by atoms with van der Waals surface area (Å²) in [5, 5.41) is 4.07. The molecule has 0 aliphatic heterocycles. The molecular formula is C12H9F3N2O. The molecule has 0 saturated heterocycles. The zero-order valence-electron chi connectivity index (χ0n) is 9.40. The van der Waals surface area contributed by atoms with Gasteiger partial charge in [0.1, 0.15) is 0 Å². The van der Waals surface area contributed by atoms with E-state index in [9.17, 15) is 18.0 Å². The molecule has 0 amide bonds. The molecule has 2 aromatic rings. The van der Waals surface area contributed by atoms with Crippen LogP contribution < -0.4 is 0 Å². The predicted molar refractivity (Wildman–Crippen MR) is 59.0 cm³/mol. The van der Waals surface area contributed by atoms with Crippen LogP contribution in [-0.4, -0.2) is 16.1 Å². The number of benzene rings is 1. The van der Waals surface area contributed by atoms with E-state index in [1.54, 1.807) is 19.3 Å². The number of carbonyl (C=O) groups excluding carboxylic acids is 1. The highest BCUT2D eigenvalue weighted by Gasteiger charge is 2.33. The van der Waals surface area contributed by atoms with Crippen LogP contribution >= 0.6 is 0 Å². The Morgan fingerprint density at radius 3 is 2.50 bits per heavy atom. The van der Waals surface area contributed by atoms with Gasteiger partial charge in [0.2, 0.25) is 0 Å². The molecule has 1 aromatic heterocycles. The van der Waals surface area contributed by atoms with Gasteiger partial charge in [0.15, 0.2) is 6.29 Å². The van der Waals surface area contributed by atoms with Gasteiger partial charge in [0, 0.05) is 24.4 Å². The third-order valence-electron chi connectivity index (χ3n) is 2.49. The van der Waals surface area contributed by atoms with Crippen LogP contribution in [0, 0.1) is 0 Å². The molecule has 0 N–H and O–H groups in total. The molecule has 1 heterocycles. The molecular weight excluding hydrogens is 245 g/mol. The molecule has 0 radical (unpaired) electrons. The van der Waals surface area contributed by atoms with Gasteiger partial charge >= 0.3 is 6.18 Å². The van der Waals surface area contributed by atoms with Crippen molar-refractivity contribution >= 4 is 6.29 Å². The minimum atomic E-state index is -4.53. The zero-order chi connectivity index (χ0) is 13.3. The molecule has 6 heteroatoms. The lowest BCUT2D eigenvalue weighted by atomic mass is 10.0. The van der Waals surface area contributed by atoms with E-state index in [4.69, 9.17) is 0 Å². The Kier molecular flexibility index (Phi) is 2.94. The summed E-state index contributed by atoms with van der Waals surface area (Å²) in [7, 11) is 1.70. The van der Waals surface area contributed by atoms with Crippen molar-refractivity contribution in [3.05, 3.63) is 41.6 Å². The molecule has 1 aromatic carbocycles. The smallest absolute Gasteiger partial charge is 0.298 e. The monoisotopic (exact) mass is 254 g/mol. The lowest BCUT2D eigenvalue weighted by Gasteiger charge is -2.10. The predicted octanol–water partition coefficient (Wildman–Crippen LogP) is 2.92. The lowest BCUT2D eigenvalue weighted by Crippen LogP contribution is -2.08. The summed E-state index contributed by atoms with van der Waals surface area (Å²) in [6.07, 6.45) is -2.65. The summed E-state index contributed by atoms with van der Waals surface area (Å²) < 4.78 is 39.3. The molecule has 94 valence electrons. The molecule has 0 aliphatic carbocycles. The Balaban J connectivity index is 2.51. The average Bonchev–Trinajstić information content (AvgIpc) is 2.74. The number of aromatic nitrogens is 2. The molecule has 0 spiro atoms. The van der Waals surface area contributed by atoms with Crippen LogP contribution in [0.2, 0.25) is 0 Å². The van der Waals surface area contributed by atoms with Crippen LogP contribution in [-0.2, 0) is 13.2 Å². The normalized spacial score (nSPS) is 11.6. The molecule has 0 bridgehead atoms. The molecule has 3 nitrogen and oxygen atoms in total. The Morgan fingerprint density at radius 2 is 2.00 bits per heavy atom. The Hall–Kier alpha value is -2.11. The first-order chi connectivity index (χ1) is 8.41. The number of carbonyl (C=O) groups is 1.